The minimum atomic E-state index is 0.477. The SMILES string of the molecule is CCC1(CNc2snc(C)c2C#N)CCC1. The van der Waals surface area contributed by atoms with Gasteiger partial charge in [0, 0.05) is 6.54 Å². The lowest BCUT2D eigenvalue weighted by Gasteiger charge is -2.41. The van der Waals surface area contributed by atoms with Crippen molar-refractivity contribution >= 4 is 16.5 Å². The molecular formula is C12H17N3S. The molecule has 1 aliphatic rings. The Morgan fingerprint density at radius 3 is 2.81 bits per heavy atom. The Morgan fingerprint density at radius 1 is 1.56 bits per heavy atom. The molecule has 0 aliphatic heterocycles. The fourth-order valence-electron chi connectivity index (χ4n) is 2.22. The molecule has 0 bridgehead atoms. The number of nitrogens with zero attached hydrogens (tertiary/aromatic N) is 2. The number of hydrogen-bond acceptors (Lipinski definition) is 4. The molecule has 0 amide bonds. The van der Waals surface area contributed by atoms with E-state index in [4.69, 9.17) is 5.26 Å². The van der Waals surface area contributed by atoms with Crippen LogP contribution in [0.25, 0.3) is 0 Å². The van der Waals surface area contributed by atoms with E-state index in [-0.39, 0.29) is 0 Å². The minimum absolute atomic E-state index is 0.477. The maximum Gasteiger partial charge on any atom is 0.127 e. The van der Waals surface area contributed by atoms with Crippen LogP contribution < -0.4 is 5.32 Å². The Hall–Kier alpha value is -1.08. The van der Waals surface area contributed by atoms with E-state index in [1.54, 1.807) is 0 Å². The van der Waals surface area contributed by atoms with Gasteiger partial charge in [-0.05, 0) is 43.1 Å². The van der Waals surface area contributed by atoms with Crippen LogP contribution in [0.5, 0.6) is 0 Å². The lowest BCUT2D eigenvalue weighted by Crippen LogP contribution is -2.35. The molecule has 4 heteroatoms. The molecule has 0 atom stereocenters. The smallest absolute Gasteiger partial charge is 0.127 e. The predicted octanol–water partition coefficient (Wildman–Crippen LogP) is 3.32. The summed E-state index contributed by atoms with van der Waals surface area (Å²) in [6, 6.07) is 2.22. The fourth-order valence-corrected chi connectivity index (χ4v) is 2.96. The van der Waals surface area contributed by atoms with Gasteiger partial charge in [-0.15, -0.1) is 0 Å². The summed E-state index contributed by atoms with van der Waals surface area (Å²) >= 11 is 1.40. The molecule has 1 saturated carbocycles. The first-order valence-electron chi connectivity index (χ1n) is 5.81. The predicted molar refractivity (Wildman–Crippen MR) is 66.6 cm³/mol. The van der Waals surface area contributed by atoms with Crippen LogP contribution in [0.15, 0.2) is 0 Å². The number of hydrogen-bond donors (Lipinski definition) is 1. The first-order chi connectivity index (χ1) is 7.71. The highest BCUT2D eigenvalue weighted by molar-refractivity contribution is 7.10. The summed E-state index contributed by atoms with van der Waals surface area (Å²) in [5.41, 5.74) is 2.04. The molecular weight excluding hydrogens is 218 g/mol. The van der Waals surface area contributed by atoms with Crippen molar-refractivity contribution in [2.24, 2.45) is 5.41 Å². The summed E-state index contributed by atoms with van der Waals surface area (Å²) in [6.07, 6.45) is 5.20. The number of nitrogens with one attached hydrogen (secondary N) is 1. The van der Waals surface area contributed by atoms with Gasteiger partial charge in [-0.1, -0.05) is 13.3 Å². The van der Waals surface area contributed by atoms with Crippen LogP contribution in [-0.4, -0.2) is 10.9 Å². The van der Waals surface area contributed by atoms with Gasteiger partial charge in [-0.3, -0.25) is 0 Å². The molecule has 3 nitrogen and oxygen atoms in total. The van der Waals surface area contributed by atoms with Crippen LogP contribution in [0.1, 0.15) is 43.9 Å². The van der Waals surface area contributed by atoms with Crippen molar-refractivity contribution in [2.45, 2.75) is 39.5 Å². The molecule has 0 radical (unpaired) electrons. The third kappa shape index (κ3) is 1.92. The maximum absolute atomic E-state index is 9.02. The van der Waals surface area contributed by atoms with Crippen molar-refractivity contribution in [3.05, 3.63) is 11.3 Å². The molecule has 1 aliphatic carbocycles. The Balaban J connectivity index is 2.02. The molecule has 1 heterocycles. The Labute approximate surface area is 101 Å². The molecule has 1 aromatic heterocycles. The average molecular weight is 235 g/mol. The van der Waals surface area contributed by atoms with Crippen molar-refractivity contribution in [1.29, 1.82) is 5.26 Å². The van der Waals surface area contributed by atoms with E-state index in [0.717, 1.165) is 22.8 Å². The molecule has 1 N–H and O–H groups in total. The summed E-state index contributed by atoms with van der Waals surface area (Å²) < 4.78 is 4.21. The normalized spacial score (nSPS) is 17.6. The second-order valence-corrected chi connectivity index (χ2v) is 5.42. The number of anilines is 1. The molecule has 1 fully saturated rings. The highest BCUT2D eigenvalue weighted by Crippen LogP contribution is 2.44. The van der Waals surface area contributed by atoms with Gasteiger partial charge in [0.15, 0.2) is 0 Å². The maximum atomic E-state index is 9.02. The lowest BCUT2D eigenvalue weighted by molar-refractivity contribution is 0.145. The van der Waals surface area contributed by atoms with Crippen molar-refractivity contribution in [3.63, 3.8) is 0 Å². The summed E-state index contributed by atoms with van der Waals surface area (Å²) in [5, 5.41) is 13.4. The molecule has 1 aromatic rings. The third-order valence-corrected chi connectivity index (χ3v) is 4.66. The molecule has 0 saturated heterocycles. The monoisotopic (exact) mass is 235 g/mol. The molecule has 86 valence electrons. The van der Waals surface area contributed by atoms with Crippen LogP contribution in [0, 0.1) is 23.7 Å². The topological polar surface area (TPSA) is 48.7 Å². The van der Waals surface area contributed by atoms with Gasteiger partial charge in [0.1, 0.15) is 16.6 Å². The van der Waals surface area contributed by atoms with Crippen LogP contribution in [0.4, 0.5) is 5.00 Å². The lowest BCUT2D eigenvalue weighted by atomic mass is 9.67. The Bertz CT molecular complexity index is 407. The molecule has 2 rings (SSSR count). The second-order valence-electron chi connectivity index (χ2n) is 4.64. The van der Waals surface area contributed by atoms with E-state index in [9.17, 15) is 0 Å². The standard InChI is InChI=1S/C12H17N3S/c1-3-12(5-4-6-12)8-14-11-10(7-13)9(2)15-16-11/h14H,3-6,8H2,1-2H3. The van der Waals surface area contributed by atoms with Crippen LogP contribution in [-0.2, 0) is 0 Å². The molecule has 0 unspecified atom stereocenters. The quantitative estimate of drug-likeness (QED) is 0.871. The van der Waals surface area contributed by atoms with Gasteiger partial charge < -0.3 is 5.32 Å². The van der Waals surface area contributed by atoms with Crippen molar-refractivity contribution < 1.29 is 0 Å². The van der Waals surface area contributed by atoms with Gasteiger partial charge in [0.25, 0.3) is 0 Å². The van der Waals surface area contributed by atoms with E-state index in [2.05, 4.69) is 22.7 Å². The first kappa shape index (κ1) is 11.4. The number of aromatic nitrogens is 1. The fraction of sp³-hybridized carbons (Fsp3) is 0.667. The minimum Gasteiger partial charge on any atom is -0.374 e. The van der Waals surface area contributed by atoms with Gasteiger partial charge in [-0.2, -0.15) is 9.64 Å². The van der Waals surface area contributed by atoms with E-state index in [1.165, 1.54) is 37.2 Å². The molecule has 0 spiro atoms. The second kappa shape index (κ2) is 4.42. The van der Waals surface area contributed by atoms with Gasteiger partial charge in [0.2, 0.25) is 0 Å². The van der Waals surface area contributed by atoms with Gasteiger partial charge in [-0.25, -0.2) is 0 Å². The van der Waals surface area contributed by atoms with Gasteiger partial charge in [0.05, 0.1) is 5.69 Å². The zero-order valence-electron chi connectivity index (χ0n) is 9.84. The van der Waals surface area contributed by atoms with Crippen LogP contribution in [0.2, 0.25) is 0 Å². The average Bonchev–Trinajstić information content (AvgIpc) is 2.58. The zero-order valence-corrected chi connectivity index (χ0v) is 10.7. The molecule has 0 aromatic carbocycles. The largest absolute Gasteiger partial charge is 0.374 e. The first-order valence-corrected chi connectivity index (χ1v) is 6.58. The van der Waals surface area contributed by atoms with Gasteiger partial charge >= 0.3 is 0 Å². The molecule has 16 heavy (non-hydrogen) atoms. The summed E-state index contributed by atoms with van der Waals surface area (Å²) in [4.78, 5) is 0. The summed E-state index contributed by atoms with van der Waals surface area (Å²) in [6.45, 7) is 5.13. The van der Waals surface area contributed by atoms with E-state index in [0.29, 0.717) is 5.41 Å². The van der Waals surface area contributed by atoms with Crippen molar-refractivity contribution in [1.82, 2.24) is 4.37 Å². The number of rotatable bonds is 4. The van der Waals surface area contributed by atoms with E-state index in [1.807, 2.05) is 6.92 Å². The van der Waals surface area contributed by atoms with E-state index < -0.39 is 0 Å². The zero-order chi connectivity index (χ0) is 11.6. The Kier molecular flexibility index (Phi) is 3.15. The number of aryl methyl sites for hydroxylation is 1. The van der Waals surface area contributed by atoms with Crippen LogP contribution >= 0.6 is 11.5 Å². The van der Waals surface area contributed by atoms with Crippen LogP contribution in [0.3, 0.4) is 0 Å². The summed E-state index contributed by atoms with van der Waals surface area (Å²) in [5.74, 6) is 0. The highest BCUT2D eigenvalue weighted by Gasteiger charge is 2.35. The van der Waals surface area contributed by atoms with Crippen molar-refractivity contribution in [3.8, 4) is 6.07 Å². The van der Waals surface area contributed by atoms with Crippen molar-refractivity contribution in [2.75, 3.05) is 11.9 Å². The summed E-state index contributed by atoms with van der Waals surface area (Å²) in [7, 11) is 0. The number of nitriles is 1. The Morgan fingerprint density at radius 2 is 2.31 bits per heavy atom. The van der Waals surface area contributed by atoms with E-state index >= 15 is 0 Å². The highest BCUT2D eigenvalue weighted by atomic mass is 32.1. The third-order valence-electron chi connectivity index (χ3n) is 3.76.